The molecule has 2 rings (SSSR count). The van der Waals surface area contributed by atoms with Crippen molar-refractivity contribution < 1.29 is 13.9 Å². The molecule has 1 heterocycles. The van der Waals surface area contributed by atoms with E-state index in [0.717, 1.165) is 10.4 Å². The van der Waals surface area contributed by atoms with E-state index in [9.17, 15) is 9.18 Å². The third-order valence-corrected chi connectivity index (χ3v) is 3.74. The van der Waals surface area contributed by atoms with Gasteiger partial charge in [0.05, 0.1) is 13.2 Å². The number of benzene rings is 1. The predicted octanol–water partition coefficient (Wildman–Crippen LogP) is 3.03. The molecule has 0 unspecified atom stereocenters. The summed E-state index contributed by atoms with van der Waals surface area (Å²) >= 11 is 1.59. The lowest BCUT2D eigenvalue weighted by molar-refractivity contribution is 0.181. The topological polar surface area (TPSA) is 50.4 Å². The molecule has 6 heteroatoms. The number of methoxy groups -OCH3 is 1. The average Bonchev–Trinajstić information content (AvgIpc) is 2.99. The van der Waals surface area contributed by atoms with Crippen LogP contribution in [-0.4, -0.2) is 13.1 Å². The lowest BCUT2D eigenvalue weighted by Crippen LogP contribution is -2.34. The molecule has 0 saturated carbocycles. The standard InChI is InChI=1S/C15H17FN2O2S/c1-20-10-12-7-11(4-5-14(12)16)8-17-15(19)18-9-13-3-2-6-21-13/h2-7H,8-10H2,1H3,(H2,17,18,19). The van der Waals surface area contributed by atoms with Crippen LogP contribution in [0.15, 0.2) is 35.7 Å². The van der Waals surface area contributed by atoms with E-state index in [4.69, 9.17) is 4.74 Å². The van der Waals surface area contributed by atoms with Crippen molar-refractivity contribution in [2.75, 3.05) is 7.11 Å². The van der Waals surface area contributed by atoms with Crippen LogP contribution in [-0.2, 0) is 24.4 Å². The summed E-state index contributed by atoms with van der Waals surface area (Å²) < 4.78 is 18.4. The molecule has 112 valence electrons. The van der Waals surface area contributed by atoms with Crippen molar-refractivity contribution >= 4 is 17.4 Å². The molecule has 0 saturated heterocycles. The first-order valence-corrected chi connectivity index (χ1v) is 7.37. The number of amides is 2. The molecule has 1 aromatic carbocycles. The van der Waals surface area contributed by atoms with Gasteiger partial charge in [-0.15, -0.1) is 11.3 Å². The third-order valence-electron chi connectivity index (χ3n) is 2.87. The number of carbonyl (C=O) groups excluding carboxylic acids is 1. The summed E-state index contributed by atoms with van der Waals surface area (Å²) in [6.07, 6.45) is 0. The average molecular weight is 308 g/mol. The van der Waals surface area contributed by atoms with Gasteiger partial charge < -0.3 is 15.4 Å². The van der Waals surface area contributed by atoms with Gasteiger partial charge in [0.15, 0.2) is 0 Å². The van der Waals surface area contributed by atoms with E-state index in [1.54, 1.807) is 23.5 Å². The molecule has 0 fully saturated rings. The van der Waals surface area contributed by atoms with Crippen LogP contribution in [0.4, 0.5) is 9.18 Å². The molecule has 2 aromatic rings. The Morgan fingerprint density at radius 2 is 2.10 bits per heavy atom. The second-order valence-electron chi connectivity index (χ2n) is 4.47. The minimum absolute atomic E-state index is 0.213. The van der Waals surface area contributed by atoms with E-state index in [-0.39, 0.29) is 18.5 Å². The van der Waals surface area contributed by atoms with E-state index in [1.165, 1.54) is 13.2 Å². The Morgan fingerprint density at radius 3 is 2.81 bits per heavy atom. The highest BCUT2D eigenvalue weighted by Crippen LogP contribution is 2.11. The largest absolute Gasteiger partial charge is 0.380 e. The summed E-state index contributed by atoms with van der Waals surface area (Å²) in [4.78, 5) is 12.8. The van der Waals surface area contributed by atoms with Gasteiger partial charge in [-0.25, -0.2) is 9.18 Å². The highest BCUT2D eigenvalue weighted by Gasteiger charge is 2.05. The number of hydrogen-bond acceptors (Lipinski definition) is 3. The van der Waals surface area contributed by atoms with Crippen molar-refractivity contribution in [3.8, 4) is 0 Å². The van der Waals surface area contributed by atoms with Gasteiger partial charge in [-0.2, -0.15) is 0 Å². The Bertz CT molecular complexity index is 587. The van der Waals surface area contributed by atoms with Gasteiger partial charge in [0.25, 0.3) is 0 Å². The number of thiophene rings is 1. The molecular weight excluding hydrogens is 291 g/mol. The third kappa shape index (κ3) is 4.84. The van der Waals surface area contributed by atoms with E-state index in [1.807, 2.05) is 17.5 Å². The van der Waals surface area contributed by atoms with Gasteiger partial charge in [-0.1, -0.05) is 12.1 Å². The second kappa shape index (κ2) is 7.75. The zero-order chi connectivity index (χ0) is 15.1. The fourth-order valence-electron chi connectivity index (χ4n) is 1.83. The molecule has 0 radical (unpaired) electrons. The van der Waals surface area contributed by atoms with Crippen molar-refractivity contribution in [2.24, 2.45) is 0 Å². The second-order valence-corrected chi connectivity index (χ2v) is 5.51. The zero-order valence-corrected chi connectivity index (χ0v) is 12.5. The van der Waals surface area contributed by atoms with Crippen molar-refractivity contribution in [1.82, 2.24) is 10.6 Å². The Labute approximate surface area is 126 Å². The van der Waals surface area contributed by atoms with Crippen molar-refractivity contribution in [3.05, 3.63) is 57.5 Å². The molecule has 2 N–H and O–H groups in total. The molecule has 0 aliphatic heterocycles. The molecular formula is C15H17FN2O2S. The first-order chi connectivity index (χ1) is 10.2. The summed E-state index contributed by atoms with van der Waals surface area (Å²) in [6.45, 7) is 1.05. The van der Waals surface area contributed by atoms with E-state index < -0.39 is 0 Å². The predicted molar refractivity (Wildman–Crippen MR) is 80.5 cm³/mol. The molecule has 21 heavy (non-hydrogen) atoms. The first kappa shape index (κ1) is 15.5. The monoisotopic (exact) mass is 308 g/mol. The van der Waals surface area contributed by atoms with Gasteiger partial charge >= 0.3 is 6.03 Å². The van der Waals surface area contributed by atoms with Crippen molar-refractivity contribution in [2.45, 2.75) is 19.7 Å². The van der Waals surface area contributed by atoms with Crippen LogP contribution in [0, 0.1) is 5.82 Å². The highest BCUT2D eigenvalue weighted by atomic mass is 32.1. The number of urea groups is 1. The van der Waals surface area contributed by atoms with Crippen molar-refractivity contribution in [1.29, 1.82) is 0 Å². The number of hydrogen-bond donors (Lipinski definition) is 2. The maximum atomic E-state index is 13.5. The van der Waals surface area contributed by atoms with E-state index in [0.29, 0.717) is 18.7 Å². The van der Waals surface area contributed by atoms with E-state index in [2.05, 4.69) is 10.6 Å². The van der Waals surface area contributed by atoms with Crippen LogP contribution >= 0.6 is 11.3 Å². The van der Waals surface area contributed by atoms with Crippen LogP contribution in [0.2, 0.25) is 0 Å². The Kier molecular flexibility index (Phi) is 5.71. The number of rotatable bonds is 6. The van der Waals surface area contributed by atoms with Crippen molar-refractivity contribution in [3.63, 3.8) is 0 Å². The molecule has 1 aromatic heterocycles. The van der Waals surface area contributed by atoms with Gasteiger partial charge in [0.1, 0.15) is 5.82 Å². The lowest BCUT2D eigenvalue weighted by Gasteiger charge is -2.09. The minimum atomic E-state index is -0.303. The van der Waals surface area contributed by atoms with Crippen LogP contribution in [0.1, 0.15) is 16.0 Å². The molecule has 0 atom stereocenters. The van der Waals surface area contributed by atoms with Gasteiger partial charge in [-0.3, -0.25) is 0 Å². The minimum Gasteiger partial charge on any atom is -0.380 e. The number of ether oxygens (including phenoxy) is 1. The Balaban J connectivity index is 1.82. The molecule has 0 spiro atoms. The Hall–Kier alpha value is -1.92. The number of nitrogens with one attached hydrogen (secondary N) is 2. The van der Waals surface area contributed by atoms with Crippen LogP contribution in [0.3, 0.4) is 0 Å². The number of halogens is 1. The molecule has 2 amide bonds. The fraction of sp³-hybridized carbons (Fsp3) is 0.267. The molecule has 0 aliphatic rings. The van der Waals surface area contributed by atoms with Crippen LogP contribution < -0.4 is 10.6 Å². The number of carbonyl (C=O) groups is 1. The maximum absolute atomic E-state index is 13.5. The maximum Gasteiger partial charge on any atom is 0.315 e. The van der Waals surface area contributed by atoms with Gasteiger partial charge in [0.2, 0.25) is 0 Å². The molecule has 4 nitrogen and oxygen atoms in total. The van der Waals surface area contributed by atoms with Crippen LogP contribution in [0.5, 0.6) is 0 Å². The summed E-state index contributed by atoms with van der Waals surface area (Å²) in [5.74, 6) is -0.303. The zero-order valence-electron chi connectivity index (χ0n) is 11.7. The van der Waals surface area contributed by atoms with Gasteiger partial charge in [-0.05, 0) is 29.1 Å². The summed E-state index contributed by atoms with van der Waals surface area (Å²) in [6, 6.07) is 8.37. The Morgan fingerprint density at radius 1 is 1.29 bits per heavy atom. The summed E-state index contributed by atoms with van der Waals surface area (Å²) in [5, 5.41) is 7.47. The molecule has 0 aliphatic carbocycles. The summed E-state index contributed by atoms with van der Waals surface area (Å²) in [7, 11) is 1.52. The summed E-state index contributed by atoms with van der Waals surface area (Å²) in [5.41, 5.74) is 1.31. The molecule has 0 bridgehead atoms. The first-order valence-electron chi connectivity index (χ1n) is 6.49. The normalized spacial score (nSPS) is 10.4. The van der Waals surface area contributed by atoms with E-state index >= 15 is 0 Å². The SMILES string of the molecule is COCc1cc(CNC(=O)NCc2cccs2)ccc1F. The van der Waals surface area contributed by atoms with Gasteiger partial charge in [0, 0.05) is 24.1 Å². The quantitative estimate of drug-likeness (QED) is 0.862. The fourth-order valence-corrected chi connectivity index (χ4v) is 2.47. The smallest absolute Gasteiger partial charge is 0.315 e. The highest BCUT2D eigenvalue weighted by molar-refractivity contribution is 7.09. The lowest BCUT2D eigenvalue weighted by atomic mass is 10.1. The van der Waals surface area contributed by atoms with Crippen LogP contribution in [0.25, 0.3) is 0 Å².